The third-order valence-corrected chi connectivity index (χ3v) is 1.91. The Bertz CT molecular complexity index is 283. The molecule has 1 atom stereocenters. The van der Waals surface area contributed by atoms with Gasteiger partial charge >= 0.3 is 6.09 Å². The Morgan fingerprint density at radius 3 is 2.80 bits per heavy atom. The van der Waals surface area contributed by atoms with Crippen LogP contribution in [0, 0.1) is 0 Å². The fourth-order valence-corrected chi connectivity index (χ4v) is 1.30. The van der Waals surface area contributed by atoms with Gasteiger partial charge in [-0.05, 0) is 26.8 Å². The molecule has 1 aliphatic heterocycles. The van der Waals surface area contributed by atoms with Crippen molar-refractivity contribution in [3.63, 3.8) is 0 Å². The van der Waals surface area contributed by atoms with E-state index in [2.05, 4.69) is 0 Å². The number of nitrogens with zero attached hydrogens (tertiary/aromatic N) is 1. The quantitative estimate of drug-likeness (QED) is 0.723. The number of aliphatic hydroxyl groups is 1. The standard InChI is InChI=1S/C10H16FNO3/c1-10(2,3)15-9(14)12-5-7(11)4-8(12)6-13/h4,8,13H,5-6H2,1-3H3/t8-/m1/s1. The van der Waals surface area contributed by atoms with Crippen molar-refractivity contribution in [3.05, 3.63) is 11.9 Å². The summed E-state index contributed by atoms with van der Waals surface area (Å²) in [6.45, 7) is 4.78. The summed E-state index contributed by atoms with van der Waals surface area (Å²) < 4.78 is 18.0. The molecule has 0 aliphatic carbocycles. The molecule has 5 heteroatoms. The molecule has 0 saturated carbocycles. The van der Waals surface area contributed by atoms with Crippen molar-refractivity contribution < 1.29 is 19.0 Å². The minimum absolute atomic E-state index is 0.125. The molecule has 0 radical (unpaired) electrons. The molecular weight excluding hydrogens is 201 g/mol. The Morgan fingerprint density at radius 2 is 2.33 bits per heavy atom. The smallest absolute Gasteiger partial charge is 0.411 e. The van der Waals surface area contributed by atoms with Gasteiger partial charge in [-0.15, -0.1) is 0 Å². The number of carbonyl (C=O) groups is 1. The van der Waals surface area contributed by atoms with E-state index in [9.17, 15) is 9.18 Å². The summed E-state index contributed by atoms with van der Waals surface area (Å²) in [5.41, 5.74) is -0.615. The molecule has 1 amide bonds. The molecule has 1 aliphatic rings. The van der Waals surface area contributed by atoms with Crippen LogP contribution >= 0.6 is 0 Å². The molecule has 1 N–H and O–H groups in total. The summed E-state index contributed by atoms with van der Waals surface area (Å²) in [4.78, 5) is 12.7. The highest BCUT2D eigenvalue weighted by molar-refractivity contribution is 5.70. The summed E-state index contributed by atoms with van der Waals surface area (Å²) in [7, 11) is 0. The highest BCUT2D eigenvalue weighted by Gasteiger charge is 2.32. The molecule has 1 rings (SSSR count). The lowest BCUT2D eigenvalue weighted by molar-refractivity contribution is 0.0190. The lowest BCUT2D eigenvalue weighted by Crippen LogP contribution is -2.41. The first kappa shape index (κ1) is 12.0. The van der Waals surface area contributed by atoms with Crippen LogP contribution in [-0.4, -0.2) is 40.9 Å². The predicted molar refractivity (Wildman–Crippen MR) is 53.0 cm³/mol. The van der Waals surface area contributed by atoms with E-state index in [1.54, 1.807) is 20.8 Å². The van der Waals surface area contributed by atoms with Crippen molar-refractivity contribution in [3.8, 4) is 0 Å². The van der Waals surface area contributed by atoms with Crippen LogP contribution in [0.2, 0.25) is 0 Å². The van der Waals surface area contributed by atoms with Gasteiger partial charge < -0.3 is 9.84 Å². The molecule has 86 valence electrons. The molecule has 0 fully saturated rings. The van der Waals surface area contributed by atoms with E-state index in [4.69, 9.17) is 9.84 Å². The zero-order valence-corrected chi connectivity index (χ0v) is 9.16. The van der Waals surface area contributed by atoms with E-state index in [1.165, 1.54) is 11.0 Å². The van der Waals surface area contributed by atoms with Crippen LogP contribution in [0.4, 0.5) is 9.18 Å². The molecule has 15 heavy (non-hydrogen) atoms. The van der Waals surface area contributed by atoms with E-state index >= 15 is 0 Å². The zero-order chi connectivity index (χ0) is 11.6. The van der Waals surface area contributed by atoms with Gasteiger partial charge in [-0.25, -0.2) is 9.18 Å². The number of hydrogen-bond acceptors (Lipinski definition) is 3. The summed E-state index contributed by atoms with van der Waals surface area (Å²) in [5.74, 6) is -0.417. The average Bonchev–Trinajstić information content (AvgIpc) is 2.43. The number of carbonyl (C=O) groups excluding carboxylic acids is 1. The van der Waals surface area contributed by atoms with Crippen molar-refractivity contribution in [2.75, 3.05) is 13.2 Å². The van der Waals surface area contributed by atoms with Gasteiger partial charge in [0.15, 0.2) is 0 Å². The summed E-state index contributed by atoms with van der Waals surface area (Å²) in [5, 5.41) is 8.94. The maximum Gasteiger partial charge on any atom is 0.411 e. The topological polar surface area (TPSA) is 49.8 Å². The normalized spacial score (nSPS) is 21.5. The van der Waals surface area contributed by atoms with Crippen LogP contribution in [0.15, 0.2) is 11.9 Å². The first-order chi connectivity index (χ1) is 6.83. The van der Waals surface area contributed by atoms with Gasteiger partial charge in [-0.2, -0.15) is 0 Å². The lowest BCUT2D eigenvalue weighted by atomic mass is 10.2. The second kappa shape index (κ2) is 4.18. The van der Waals surface area contributed by atoms with E-state index in [0.29, 0.717) is 0 Å². The number of aliphatic hydroxyl groups excluding tert-OH is 1. The maximum absolute atomic E-state index is 12.9. The predicted octanol–water partition coefficient (Wildman–Crippen LogP) is 1.45. The summed E-state index contributed by atoms with van der Waals surface area (Å²) in [6.07, 6.45) is 0.620. The highest BCUT2D eigenvalue weighted by atomic mass is 19.1. The SMILES string of the molecule is CC(C)(C)OC(=O)N1CC(F)=C[C@@H]1CO. The molecule has 0 aromatic heterocycles. The van der Waals surface area contributed by atoms with Crippen LogP contribution < -0.4 is 0 Å². The average molecular weight is 217 g/mol. The molecule has 0 saturated heterocycles. The maximum atomic E-state index is 12.9. The van der Waals surface area contributed by atoms with E-state index in [0.717, 1.165) is 0 Å². The van der Waals surface area contributed by atoms with Crippen molar-refractivity contribution in [2.45, 2.75) is 32.4 Å². The Kier molecular flexibility index (Phi) is 3.34. The second-order valence-corrected chi connectivity index (χ2v) is 4.47. The van der Waals surface area contributed by atoms with Crippen LogP contribution in [0.1, 0.15) is 20.8 Å². The molecule has 0 unspecified atom stereocenters. The van der Waals surface area contributed by atoms with Crippen LogP contribution in [0.25, 0.3) is 0 Å². The monoisotopic (exact) mass is 217 g/mol. The van der Waals surface area contributed by atoms with Gasteiger partial charge in [-0.1, -0.05) is 0 Å². The zero-order valence-electron chi connectivity index (χ0n) is 9.16. The fourth-order valence-electron chi connectivity index (χ4n) is 1.30. The minimum Gasteiger partial charge on any atom is -0.444 e. The number of rotatable bonds is 1. The van der Waals surface area contributed by atoms with Gasteiger partial charge in [0.1, 0.15) is 11.4 Å². The number of ether oxygens (including phenoxy) is 1. The van der Waals surface area contributed by atoms with E-state index in [-0.39, 0.29) is 13.2 Å². The van der Waals surface area contributed by atoms with Gasteiger partial charge in [0.2, 0.25) is 0 Å². The van der Waals surface area contributed by atoms with Crippen molar-refractivity contribution >= 4 is 6.09 Å². The van der Waals surface area contributed by atoms with Gasteiger partial charge in [0, 0.05) is 0 Å². The van der Waals surface area contributed by atoms with Gasteiger partial charge in [0.25, 0.3) is 0 Å². The Morgan fingerprint density at radius 1 is 1.73 bits per heavy atom. The first-order valence-corrected chi connectivity index (χ1v) is 4.80. The third-order valence-electron chi connectivity index (χ3n) is 1.91. The lowest BCUT2D eigenvalue weighted by Gasteiger charge is -2.27. The number of amides is 1. The molecular formula is C10H16FNO3. The van der Waals surface area contributed by atoms with Crippen molar-refractivity contribution in [1.29, 1.82) is 0 Å². The van der Waals surface area contributed by atoms with Crippen molar-refractivity contribution in [2.24, 2.45) is 0 Å². The largest absolute Gasteiger partial charge is 0.444 e. The molecule has 0 bridgehead atoms. The Labute approximate surface area is 88.3 Å². The second-order valence-electron chi connectivity index (χ2n) is 4.47. The number of halogens is 1. The van der Waals surface area contributed by atoms with Crippen LogP contribution in [-0.2, 0) is 4.74 Å². The Balaban J connectivity index is 2.62. The van der Waals surface area contributed by atoms with Gasteiger partial charge in [0.05, 0.1) is 19.2 Å². The molecule has 1 heterocycles. The molecule has 0 spiro atoms. The third kappa shape index (κ3) is 3.20. The fraction of sp³-hybridized carbons (Fsp3) is 0.700. The van der Waals surface area contributed by atoms with E-state index < -0.39 is 23.6 Å². The molecule has 4 nitrogen and oxygen atoms in total. The van der Waals surface area contributed by atoms with Gasteiger partial charge in [-0.3, -0.25) is 4.90 Å². The number of hydrogen-bond donors (Lipinski definition) is 1. The Hall–Kier alpha value is -1.10. The first-order valence-electron chi connectivity index (χ1n) is 4.80. The van der Waals surface area contributed by atoms with Crippen LogP contribution in [0.3, 0.4) is 0 Å². The van der Waals surface area contributed by atoms with Crippen LogP contribution in [0.5, 0.6) is 0 Å². The highest BCUT2D eigenvalue weighted by Crippen LogP contribution is 2.20. The molecule has 0 aromatic rings. The van der Waals surface area contributed by atoms with E-state index in [1.807, 2.05) is 0 Å². The minimum atomic E-state index is -0.615. The molecule has 0 aromatic carbocycles. The van der Waals surface area contributed by atoms with Crippen molar-refractivity contribution in [1.82, 2.24) is 4.90 Å². The summed E-state index contributed by atoms with van der Waals surface area (Å²) in [6, 6.07) is -0.611. The summed E-state index contributed by atoms with van der Waals surface area (Å²) >= 11 is 0.